The van der Waals surface area contributed by atoms with Crippen molar-refractivity contribution in [1.82, 2.24) is 10.2 Å². The van der Waals surface area contributed by atoms with E-state index in [0.717, 1.165) is 12.3 Å². The first-order chi connectivity index (χ1) is 13.1. The predicted molar refractivity (Wildman–Crippen MR) is 135 cm³/mol. The Balaban J connectivity index is 0.00000150. The molecule has 0 saturated heterocycles. The zero-order valence-corrected chi connectivity index (χ0v) is 21.0. The van der Waals surface area contributed by atoms with Gasteiger partial charge in [-0.2, -0.15) is 0 Å². The van der Waals surface area contributed by atoms with Gasteiger partial charge in [-0.3, -0.25) is 9.98 Å². The topological polar surface area (TPSA) is 40.0 Å². The minimum atomic E-state index is 0. The molecule has 29 heavy (non-hydrogen) atoms. The van der Waals surface area contributed by atoms with Crippen molar-refractivity contribution in [1.29, 1.82) is 0 Å². The Kier molecular flexibility index (Phi) is 10.0. The molecule has 4 aliphatic rings. The van der Waals surface area contributed by atoms with Crippen LogP contribution in [0.5, 0.6) is 0 Å². The van der Waals surface area contributed by atoms with Crippen molar-refractivity contribution in [2.24, 2.45) is 9.98 Å². The van der Waals surface area contributed by atoms with Crippen LogP contribution in [0, 0.1) is 0 Å². The second-order valence-corrected chi connectivity index (χ2v) is 10.8. The van der Waals surface area contributed by atoms with Crippen molar-refractivity contribution >= 4 is 58.7 Å². The van der Waals surface area contributed by atoms with Gasteiger partial charge in [0, 0.05) is 24.0 Å². The van der Waals surface area contributed by atoms with E-state index in [-0.39, 0.29) is 30.4 Å². The molecule has 166 valence electrons. The van der Waals surface area contributed by atoms with Gasteiger partial charge in [0.15, 0.2) is 10.3 Å². The first-order valence-corrected chi connectivity index (χ1v) is 12.7. The Bertz CT molecular complexity index is 624. The molecule has 0 unspecified atom stereocenters. The third-order valence-electron chi connectivity index (χ3n) is 5.99. The summed E-state index contributed by atoms with van der Waals surface area (Å²) in [6, 6.07) is 1.16. The van der Waals surface area contributed by atoms with Gasteiger partial charge < -0.3 is 10.2 Å². The number of amidine groups is 2. The number of halogens is 2. The van der Waals surface area contributed by atoms with E-state index in [1.807, 2.05) is 11.8 Å². The fraction of sp³-hybridized carbons (Fsp3) is 0.810. The van der Waals surface area contributed by atoms with Crippen LogP contribution < -0.4 is 5.32 Å². The molecule has 2 saturated carbocycles. The molecular formula is C21H36Cl2N4S2. The summed E-state index contributed by atoms with van der Waals surface area (Å²) in [5.41, 5.74) is 1.45. The number of thioether (sulfide) groups is 2. The minimum Gasteiger partial charge on any atom is -0.362 e. The lowest BCUT2D eigenvalue weighted by molar-refractivity contribution is 0.411. The van der Waals surface area contributed by atoms with Crippen molar-refractivity contribution < 1.29 is 0 Å². The normalized spacial score (nSPS) is 24.9. The zero-order chi connectivity index (χ0) is 18.7. The van der Waals surface area contributed by atoms with Gasteiger partial charge in [-0.25, -0.2) is 0 Å². The fourth-order valence-electron chi connectivity index (χ4n) is 4.48. The van der Waals surface area contributed by atoms with E-state index >= 15 is 0 Å². The standard InChI is InChI=1S/C21H34N4S2.2ClH/c1-21(2)15-25-18(14-27-20(25)24-21)13-26-19(22-16-9-5-3-6-10-16)23-17-11-7-4-8-12-17;;/h14,16-17H,3-13,15H2,1-2H3,(H,22,23);2*1H. The summed E-state index contributed by atoms with van der Waals surface area (Å²) in [7, 11) is 0. The number of hydrogen-bond donors (Lipinski definition) is 1. The molecule has 0 aromatic heterocycles. The number of nitrogens with zero attached hydrogens (tertiary/aromatic N) is 3. The highest BCUT2D eigenvalue weighted by Crippen LogP contribution is 2.36. The van der Waals surface area contributed by atoms with Gasteiger partial charge in [-0.1, -0.05) is 62.0 Å². The summed E-state index contributed by atoms with van der Waals surface area (Å²) in [6.07, 6.45) is 13.4. The van der Waals surface area contributed by atoms with E-state index in [1.165, 1.54) is 80.2 Å². The van der Waals surface area contributed by atoms with Crippen LogP contribution in [-0.4, -0.2) is 45.2 Å². The molecule has 1 N–H and O–H groups in total. The maximum atomic E-state index is 5.19. The number of aliphatic imine (C=N–C) groups is 2. The van der Waals surface area contributed by atoms with Crippen LogP contribution in [-0.2, 0) is 0 Å². The van der Waals surface area contributed by atoms with Gasteiger partial charge in [0.25, 0.3) is 0 Å². The summed E-state index contributed by atoms with van der Waals surface area (Å²) in [6.45, 7) is 5.46. The number of hydrogen-bond acceptors (Lipinski definition) is 5. The van der Waals surface area contributed by atoms with Crippen molar-refractivity contribution in [2.75, 3.05) is 12.3 Å². The van der Waals surface area contributed by atoms with Crippen molar-refractivity contribution in [3.63, 3.8) is 0 Å². The van der Waals surface area contributed by atoms with Gasteiger partial charge in [0.2, 0.25) is 0 Å². The highest BCUT2D eigenvalue weighted by molar-refractivity contribution is 8.17. The highest BCUT2D eigenvalue weighted by atomic mass is 35.5. The summed E-state index contributed by atoms with van der Waals surface area (Å²) in [5.74, 6) is 0.993. The molecule has 0 bridgehead atoms. The quantitative estimate of drug-likeness (QED) is 0.384. The molecule has 2 heterocycles. The molecule has 2 aliphatic carbocycles. The SMILES string of the molecule is CC1(C)CN2C(CSC(=NC3CCCCC3)NC3CCCCC3)=CSC2=N1.Cl.Cl. The first-order valence-electron chi connectivity index (χ1n) is 10.8. The summed E-state index contributed by atoms with van der Waals surface area (Å²) >= 11 is 3.70. The molecule has 0 radical (unpaired) electrons. The molecule has 0 aromatic rings. The predicted octanol–water partition coefficient (Wildman–Crippen LogP) is 6.21. The second kappa shape index (κ2) is 11.5. The van der Waals surface area contributed by atoms with E-state index in [9.17, 15) is 0 Å². The zero-order valence-electron chi connectivity index (χ0n) is 17.7. The Morgan fingerprint density at radius 2 is 1.79 bits per heavy atom. The number of fused-ring (bicyclic) bond motifs is 1. The molecule has 0 amide bonds. The maximum absolute atomic E-state index is 5.19. The lowest BCUT2D eigenvalue weighted by Gasteiger charge is -2.27. The van der Waals surface area contributed by atoms with Crippen LogP contribution in [0.2, 0.25) is 0 Å². The Hall–Kier alpha value is -0.0400. The van der Waals surface area contributed by atoms with Crippen molar-refractivity contribution in [2.45, 2.75) is 95.7 Å². The van der Waals surface area contributed by atoms with Crippen molar-refractivity contribution in [3.8, 4) is 0 Å². The lowest BCUT2D eigenvalue weighted by Crippen LogP contribution is -2.36. The summed E-state index contributed by atoms with van der Waals surface area (Å²) in [5, 5.41) is 8.50. The lowest BCUT2D eigenvalue weighted by atomic mass is 9.95. The summed E-state index contributed by atoms with van der Waals surface area (Å²) < 4.78 is 0. The van der Waals surface area contributed by atoms with Gasteiger partial charge >= 0.3 is 0 Å². The molecule has 4 nitrogen and oxygen atoms in total. The van der Waals surface area contributed by atoms with Gasteiger partial charge in [0.05, 0.1) is 11.6 Å². The second-order valence-electron chi connectivity index (χ2n) is 9.01. The molecule has 0 spiro atoms. The van der Waals surface area contributed by atoms with E-state index in [1.54, 1.807) is 11.8 Å². The van der Waals surface area contributed by atoms with Crippen LogP contribution >= 0.6 is 48.3 Å². The largest absolute Gasteiger partial charge is 0.362 e. The van der Waals surface area contributed by atoms with Crippen LogP contribution in [0.4, 0.5) is 0 Å². The Morgan fingerprint density at radius 3 is 2.48 bits per heavy atom. The smallest absolute Gasteiger partial charge is 0.168 e. The molecule has 4 rings (SSSR count). The minimum absolute atomic E-state index is 0. The third kappa shape index (κ3) is 6.98. The van der Waals surface area contributed by atoms with Crippen LogP contribution in [0.15, 0.2) is 21.1 Å². The van der Waals surface area contributed by atoms with Crippen LogP contribution in [0.1, 0.15) is 78.1 Å². The van der Waals surface area contributed by atoms with E-state index in [2.05, 4.69) is 29.5 Å². The first kappa shape index (κ1) is 25.2. The van der Waals surface area contributed by atoms with Crippen molar-refractivity contribution in [3.05, 3.63) is 11.1 Å². The average Bonchev–Trinajstić information content (AvgIpc) is 3.16. The Labute approximate surface area is 197 Å². The molecular weight excluding hydrogens is 443 g/mol. The number of nitrogens with one attached hydrogen (secondary N) is 1. The van der Waals surface area contributed by atoms with E-state index < -0.39 is 0 Å². The molecule has 8 heteroatoms. The molecule has 2 fully saturated rings. The monoisotopic (exact) mass is 478 g/mol. The molecule has 0 atom stereocenters. The number of rotatable bonds is 4. The van der Waals surface area contributed by atoms with Crippen LogP contribution in [0.25, 0.3) is 0 Å². The third-order valence-corrected chi connectivity index (χ3v) is 7.83. The van der Waals surface area contributed by atoms with Gasteiger partial charge in [-0.05, 0) is 44.9 Å². The van der Waals surface area contributed by atoms with Gasteiger partial charge in [-0.15, -0.1) is 24.8 Å². The molecule has 2 aliphatic heterocycles. The summed E-state index contributed by atoms with van der Waals surface area (Å²) in [4.78, 5) is 12.4. The average molecular weight is 480 g/mol. The highest BCUT2D eigenvalue weighted by Gasteiger charge is 2.36. The van der Waals surface area contributed by atoms with E-state index in [0.29, 0.717) is 12.1 Å². The van der Waals surface area contributed by atoms with E-state index in [4.69, 9.17) is 9.98 Å². The van der Waals surface area contributed by atoms with Crippen LogP contribution in [0.3, 0.4) is 0 Å². The Morgan fingerprint density at radius 1 is 1.14 bits per heavy atom. The van der Waals surface area contributed by atoms with Gasteiger partial charge in [0.1, 0.15) is 0 Å². The maximum Gasteiger partial charge on any atom is 0.168 e. The molecule has 0 aromatic carbocycles. The fourth-order valence-corrected chi connectivity index (χ4v) is 6.64.